The van der Waals surface area contributed by atoms with Crippen LogP contribution in [0.15, 0.2) is 28.8 Å². The zero-order valence-corrected chi connectivity index (χ0v) is 17.1. The maximum atomic E-state index is 13.6. The molecule has 0 unspecified atom stereocenters. The molecule has 0 aliphatic rings. The molecule has 3 N–H and O–H groups in total. The molecule has 1 rings (SSSR count). The number of nitrogens with zero attached hydrogens (tertiary/aromatic N) is 3. The van der Waals surface area contributed by atoms with E-state index in [0.717, 1.165) is 26.9 Å². The predicted octanol–water partition coefficient (Wildman–Crippen LogP) is 2.18. The molecule has 1 aromatic heterocycles. The van der Waals surface area contributed by atoms with E-state index in [-0.39, 0.29) is 5.46 Å². The maximum absolute atomic E-state index is 13.6. The summed E-state index contributed by atoms with van der Waals surface area (Å²) in [5.74, 6) is -8.33. The van der Waals surface area contributed by atoms with Crippen LogP contribution in [0.1, 0.15) is 27.7 Å². The third-order valence-corrected chi connectivity index (χ3v) is 4.34. The van der Waals surface area contributed by atoms with Crippen LogP contribution in [-0.2, 0) is 9.39 Å². The van der Waals surface area contributed by atoms with Gasteiger partial charge in [-0.1, -0.05) is 0 Å². The summed E-state index contributed by atoms with van der Waals surface area (Å²) in [6.07, 6.45) is -4.08. The molecule has 0 aliphatic carbocycles. The molecule has 0 saturated carbocycles. The van der Waals surface area contributed by atoms with Crippen molar-refractivity contribution in [3.63, 3.8) is 0 Å². The first-order valence-corrected chi connectivity index (χ1v) is 8.50. The number of aromatic nitrogens is 2. The van der Waals surface area contributed by atoms with Gasteiger partial charge in [-0.3, -0.25) is 4.99 Å². The van der Waals surface area contributed by atoms with E-state index in [1.807, 2.05) is 0 Å². The molecule has 0 spiro atoms. The quantitative estimate of drug-likeness (QED) is 0.204. The Hall–Kier alpha value is -2.29. The molecule has 0 atom stereocenters. The zero-order chi connectivity index (χ0) is 24.4. The molecule has 0 fully saturated rings. The molecule has 0 bridgehead atoms. The minimum atomic E-state index is -6.17. The van der Waals surface area contributed by atoms with E-state index in [9.17, 15) is 35.8 Å². The minimum absolute atomic E-state index is 0.135. The van der Waals surface area contributed by atoms with Crippen molar-refractivity contribution in [2.45, 2.75) is 57.6 Å². The second-order valence-corrected chi connectivity index (χ2v) is 7.26. The standard InChI is InChI=1S/C16H21BF7N4O3/c1-13(2,29)14(3,4)31-17-8-6-27-28(7-8)11(26-5)9(30-12(18)19)10(25)15(20,21)16(22,23)24/h6-7,12,29H,25H2,1-5H3. The second-order valence-electron chi connectivity index (χ2n) is 7.26. The smallest absolute Gasteiger partial charge is 0.429 e. The monoisotopic (exact) mass is 461 g/mol. The number of alkyl halides is 7. The predicted molar refractivity (Wildman–Crippen MR) is 97.1 cm³/mol. The fourth-order valence-electron chi connectivity index (χ4n) is 1.80. The van der Waals surface area contributed by atoms with E-state index in [2.05, 4.69) is 14.8 Å². The summed E-state index contributed by atoms with van der Waals surface area (Å²) in [4.78, 5) is 3.42. The molecule has 31 heavy (non-hydrogen) atoms. The number of allylic oxidation sites excluding steroid dienone is 2. The highest BCUT2D eigenvalue weighted by Crippen LogP contribution is 2.40. The highest BCUT2D eigenvalue weighted by atomic mass is 19.4. The maximum Gasteiger partial charge on any atom is 0.459 e. The molecule has 1 radical (unpaired) electrons. The first kappa shape index (κ1) is 26.7. The Kier molecular flexibility index (Phi) is 7.82. The number of rotatable bonds is 8. The van der Waals surface area contributed by atoms with Crippen molar-refractivity contribution in [2.75, 3.05) is 7.05 Å². The third-order valence-electron chi connectivity index (χ3n) is 4.34. The summed E-state index contributed by atoms with van der Waals surface area (Å²) in [7, 11) is 2.03. The number of hydrogen-bond donors (Lipinski definition) is 2. The van der Waals surface area contributed by atoms with E-state index in [1.54, 1.807) is 13.8 Å². The molecular formula is C16H21BF7N4O3. The van der Waals surface area contributed by atoms with Crippen molar-refractivity contribution in [3.05, 3.63) is 23.8 Å². The number of nitrogens with two attached hydrogens (primary N) is 1. The van der Waals surface area contributed by atoms with E-state index in [1.165, 1.54) is 13.8 Å². The fraction of sp³-hybridized carbons (Fsp3) is 0.625. The summed E-state index contributed by atoms with van der Waals surface area (Å²) in [6, 6.07) is 0. The molecular weight excluding hydrogens is 440 g/mol. The highest BCUT2D eigenvalue weighted by molar-refractivity contribution is 6.46. The van der Waals surface area contributed by atoms with Gasteiger partial charge in [0.2, 0.25) is 0 Å². The second kappa shape index (κ2) is 9.06. The summed E-state index contributed by atoms with van der Waals surface area (Å²) in [6.45, 7) is 2.30. The van der Waals surface area contributed by atoms with Crippen LogP contribution in [0.4, 0.5) is 30.7 Å². The van der Waals surface area contributed by atoms with Gasteiger partial charge in [0.1, 0.15) is 5.70 Å². The van der Waals surface area contributed by atoms with Gasteiger partial charge in [0.05, 0.1) is 11.2 Å². The summed E-state index contributed by atoms with van der Waals surface area (Å²) >= 11 is 0. The van der Waals surface area contributed by atoms with Gasteiger partial charge in [0.15, 0.2) is 11.6 Å². The van der Waals surface area contributed by atoms with Crippen molar-refractivity contribution in [2.24, 2.45) is 10.7 Å². The molecule has 1 aromatic rings. The normalized spacial score (nSPS) is 15.2. The Bertz CT molecular complexity index is 830. The van der Waals surface area contributed by atoms with Gasteiger partial charge in [-0.15, -0.1) is 0 Å². The van der Waals surface area contributed by atoms with E-state index < -0.39 is 47.2 Å². The Morgan fingerprint density at radius 3 is 2.16 bits per heavy atom. The first-order chi connectivity index (χ1) is 13.8. The van der Waals surface area contributed by atoms with E-state index in [0.29, 0.717) is 4.68 Å². The lowest BCUT2D eigenvalue weighted by molar-refractivity contribution is -0.266. The van der Waals surface area contributed by atoms with Crippen LogP contribution in [-0.4, -0.2) is 65.2 Å². The summed E-state index contributed by atoms with van der Waals surface area (Å²) in [5, 5.41) is 13.7. The molecule has 1 heterocycles. The molecule has 0 aliphatic heterocycles. The zero-order valence-electron chi connectivity index (χ0n) is 17.1. The van der Waals surface area contributed by atoms with Gasteiger partial charge in [0.25, 0.3) is 0 Å². The minimum Gasteiger partial charge on any atom is -0.429 e. The van der Waals surface area contributed by atoms with Gasteiger partial charge < -0.3 is 20.2 Å². The molecule has 0 aromatic carbocycles. The lowest BCUT2D eigenvalue weighted by Crippen LogP contribution is -2.49. The Morgan fingerprint density at radius 2 is 1.74 bits per heavy atom. The lowest BCUT2D eigenvalue weighted by Gasteiger charge is -2.37. The topological polar surface area (TPSA) is 94.9 Å². The molecule has 0 saturated heterocycles. The van der Waals surface area contributed by atoms with Crippen molar-refractivity contribution >= 4 is 18.8 Å². The molecule has 15 heteroatoms. The van der Waals surface area contributed by atoms with Gasteiger partial charge in [-0.2, -0.15) is 35.8 Å². The van der Waals surface area contributed by atoms with Crippen LogP contribution in [0.25, 0.3) is 0 Å². The van der Waals surface area contributed by atoms with Crippen LogP contribution >= 0.6 is 0 Å². The lowest BCUT2D eigenvalue weighted by atomic mass is 9.84. The van der Waals surface area contributed by atoms with Crippen LogP contribution < -0.4 is 11.2 Å². The molecule has 7 nitrogen and oxygen atoms in total. The largest absolute Gasteiger partial charge is 0.459 e. The molecule has 0 amide bonds. The first-order valence-electron chi connectivity index (χ1n) is 8.50. The summed E-state index contributed by atoms with van der Waals surface area (Å²) < 4.78 is 101. The van der Waals surface area contributed by atoms with Crippen molar-refractivity contribution in [1.29, 1.82) is 0 Å². The number of halogens is 7. The average Bonchev–Trinajstić information content (AvgIpc) is 3.05. The van der Waals surface area contributed by atoms with Gasteiger partial charge in [-0.05, 0) is 33.2 Å². The highest BCUT2D eigenvalue weighted by Gasteiger charge is 2.61. The number of hydrogen-bond acceptors (Lipinski definition) is 6. The number of ether oxygens (including phenoxy) is 1. The van der Waals surface area contributed by atoms with Gasteiger partial charge in [-0.25, -0.2) is 4.68 Å². The number of aliphatic hydroxyl groups is 1. The molecule has 175 valence electrons. The third kappa shape index (κ3) is 6.12. The van der Waals surface area contributed by atoms with Crippen molar-refractivity contribution < 1.29 is 45.2 Å². The fourth-order valence-corrected chi connectivity index (χ4v) is 1.80. The van der Waals surface area contributed by atoms with E-state index >= 15 is 0 Å². The van der Waals surface area contributed by atoms with Crippen LogP contribution in [0.3, 0.4) is 0 Å². The van der Waals surface area contributed by atoms with Gasteiger partial charge in [0, 0.05) is 19.4 Å². The van der Waals surface area contributed by atoms with E-state index in [4.69, 9.17) is 10.4 Å². The number of aliphatic imine (C=N–C) groups is 1. The summed E-state index contributed by atoms with van der Waals surface area (Å²) in [5.41, 5.74) is 0.320. The van der Waals surface area contributed by atoms with Crippen LogP contribution in [0, 0.1) is 0 Å². The van der Waals surface area contributed by atoms with Crippen molar-refractivity contribution in [1.82, 2.24) is 9.78 Å². The Balaban J connectivity index is 3.34. The average molecular weight is 461 g/mol. The SMILES string of the molecule is CN=C(C(OC(F)F)=C(N)C(F)(F)C(F)(F)F)n1cc([B]OC(C)(C)C(C)(C)O)cn1. The Labute approximate surface area is 174 Å². The Morgan fingerprint density at radius 1 is 1.19 bits per heavy atom. The van der Waals surface area contributed by atoms with Crippen LogP contribution in [0.2, 0.25) is 0 Å². The van der Waals surface area contributed by atoms with Crippen molar-refractivity contribution in [3.8, 4) is 0 Å². The van der Waals surface area contributed by atoms with Crippen LogP contribution in [0.5, 0.6) is 0 Å². The van der Waals surface area contributed by atoms with Gasteiger partial charge >= 0.3 is 26.2 Å².